The number of rotatable bonds is 3. The lowest BCUT2D eigenvalue weighted by atomic mass is 9.91. The van der Waals surface area contributed by atoms with Crippen molar-refractivity contribution in [3.8, 4) is 5.75 Å². The summed E-state index contributed by atoms with van der Waals surface area (Å²) >= 11 is 5.42. The smallest absolute Gasteiger partial charge is 0.125 e. The van der Waals surface area contributed by atoms with Crippen LogP contribution in [0.3, 0.4) is 0 Å². The summed E-state index contributed by atoms with van der Waals surface area (Å²) in [6.45, 7) is 2.54. The van der Waals surface area contributed by atoms with E-state index < -0.39 is 6.10 Å². The predicted octanol–water partition coefficient (Wildman–Crippen LogP) is 3.94. The molecule has 1 aromatic rings. The van der Waals surface area contributed by atoms with Gasteiger partial charge in [-0.05, 0) is 37.3 Å². The van der Waals surface area contributed by atoms with Crippen LogP contribution in [0, 0.1) is 0 Å². The van der Waals surface area contributed by atoms with Crippen molar-refractivity contribution in [2.24, 2.45) is 0 Å². The molecule has 0 aliphatic carbocycles. The fraction of sp³-hybridized carbons (Fsp3) is 0.625. The van der Waals surface area contributed by atoms with Gasteiger partial charge in [0.15, 0.2) is 0 Å². The molecule has 2 aliphatic rings. The maximum Gasteiger partial charge on any atom is 0.125 e. The average Bonchev–Trinajstić information content (AvgIpc) is 2.88. The van der Waals surface area contributed by atoms with E-state index in [9.17, 15) is 5.11 Å². The van der Waals surface area contributed by atoms with Gasteiger partial charge in [0.25, 0.3) is 0 Å². The van der Waals surface area contributed by atoms with Crippen molar-refractivity contribution in [3.05, 3.63) is 28.2 Å². The van der Waals surface area contributed by atoms with Gasteiger partial charge in [-0.2, -0.15) is 11.8 Å². The SMILES string of the molecule is C[C@@H](O)c1cc(Br)ccc1OC1CCOC2(CCSC2)C1. The summed E-state index contributed by atoms with van der Waals surface area (Å²) in [4.78, 5) is 0. The molecule has 0 saturated carbocycles. The second-order valence-electron chi connectivity index (χ2n) is 5.92. The first-order valence-electron chi connectivity index (χ1n) is 7.44. The summed E-state index contributed by atoms with van der Waals surface area (Å²) in [5.41, 5.74) is 0.860. The van der Waals surface area contributed by atoms with Gasteiger partial charge in [0.1, 0.15) is 11.9 Å². The van der Waals surface area contributed by atoms with Crippen molar-refractivity contribution in [3.63, 3.8) is 0 Å². The predicted molar refractivity (Wildman–Crippen MR) is 89.1 cm³/mol. The first kappa shape index (κ1) is 15.7. The lowest BCUT2D eigenvalue weighted by Gasteiger charge is -2.38. The van der Waals surface area contributed by atoms with Crippen LogP contribution >= 0.6 is 27.7 Å². The zero-order valence-electron chi connectivity index (χ0n) is 12.2. The third-order valence-electron chi connectivity index (χ3n) is 4.23. The summed E-state index contributed by atoms with van der Waals surface area (Å²) in [5, 5.41) is 9.93. The van der Waals surface area contributed by atoms with Crippen molar-refractivity contribution in [2.45, 2.75) is 44.0 Å². The number of hydrogen-bond acceptors (Lipinski definition) is 4. The molecule has 0 aromatic heterocycles. The minimum Gasteiger partial charge on any atom is -0.490 e. The molecule has 3 atom stereocenters. The Morgan fingerprint density at radius 2 is 2.38 bits per heavy atom. The standard InChI is InChI=1S/C16H21BrO3S/c1-11(18)14-8-12(17)2-3-15(14)20-13-4-6-19-16(9-13)5-7-21-10-16/h2-3,8,11,13,18H,4-7,9-10H2,1H3/t11-,13?,16?/m1/s1. The van der Waals surface area contributed by atoms with E-state index in [0.717, 1.165) is 47.4 Å². The molecule has 0 amide bonds. The molecule has 3 nitrogen and oxygen atoms in total. The lowest BCUT2D eigenvalue weighted by molar-refractivity contribution is -0.0961. The fourth-order valence-electron chi connectivity index (χ4n) is 3.08. The molecule has 2 unspecified atom stereocenters. The van der Waals surface area contributed by atoms with Crippen LogP contribution in [0.15, 0.2) is 22.7 Å². The van der Waals surface area contributed by atoms with Gasteiger partial charge in [0.05, 0.1) is 18.3 Å². The maximum atomic E-state index is 9.93. The van der Waals surface area contributed by atoms with Gasteiger partial charge in [-0.25, -0.2) is 0 Å². The second-order valence-corrected chi connectivity index (χ2v) is 7.95. The number of ether oxygens (including phenoxy) is 2. The highest BCUT2D eigenvalue weighted by atomic mass is 79.9. The average molecular weight is 373 g/mol. The van der Waals surface area contributed by atoms with Crippen molar-refractivity contribution in [1.29, 1.82) is 0 Å². The first-order valence-corrected chi connectivity index (χ1v) is 9.39. The van der Waals surface area contributed by atoms with E-state index in [1.165, 1.54) is 5.75 Å². The number of aliphatic hydroxyl groups is 1. The van der Waals surface area contributed by atoms with Gasteiger partial charge < -0.3 is 14.6 Å². The molecule has 2 heterocycles. The van der Waals surface area contributed by atoms with E-state index in [2.05, 4.69) is 15.9 Å². The van der Waals surface area contributed by atoms with E-state index in [-0.39, 0.29) is 11.7 Å². The number of hydrogen-bond donors (Lipinski definition) is 1. The van der Waals surface area contributed by atoms with E-state index in [4.69, 9.17) is 9.47 Å². The Morgan fingerprint density at radius 1 is 1.52 bits per heavy atom. The molecule has 1 aromatic carbocycles. The molecule has 116 valence electrons. The molecule has 2 aliphatic heterocycles. The van der Waals surface area contributed by atoms with E-state index in [1.807, 2.05) is 30.0 Å². The summed E-state index contributed by atoms with van der Waals surface area (Å²) < 4.78 is 13.2. The Labute approximate surface area is 138 Å². The molecule has 2 saturated heterocycles. The summed E-state index contributed by atoms with van der Waals surface area (Å²) in [7, 11) is 0. The van der Waals surface area contributed by atoms with Crippen molar-refractivity contribution in [1.82, 2.24) is 0 Å². The second kappa shape index (κ2) is 6.49. The summed E-state index contributed by atoms with van der Waals surface area (Å²) in [6.07, 6.45) is 2.64. The van der Waals surface area contributed by atoms with Gasteiger partial charge in [-0.15, -0.1) is 0 Å². The van der Waals surface area contributed by atoms with Crippen molar-refractivity contribution >= 4 is 27.7 Å². The highest BCUT2D eigenvalue weighted by molar-refractivity contribution is 9.10. The molecular formula is C16H21BrO3S. The van der Waals surface area contributed by atoms with Crippen LogP contribution < -0.4 is 4.74 Å². The highest BCUT2D eigenvalue weighted by Gasteiger charge is 2.41. The Hall–Kier alpha value is -0.230. The van der Waals surface area contributed by atoms with E-state index >= 15 is 0 Å². The third-order valence-corrected chi connectivity index (χ3v) is 5.95. The van der Waals surface area contributed by atoms with Gasteiger partial charge in [0, 0.05) is 28.6 Å². The zero-order valence-corrected chi connectivity index (χ0v) is 14.6. The Kier molecular flexibility index (Phi) is 4.84. The molecule has 0 bridgehead atoms. The first-order chi connectivity index (χ1) is 10.1. The largest absolute Gasteiger partial charge is 0.490 e. The number of benzene rings is 1. The van der Waals surface area contributed by atoms with Crippen molar-refractivity contribution < 1.29 is 14.6 Å². The topological polar surface area (TPSA) is 38.7 Å². The number of halogens is 1. The molecule has 21 heavy (non-hydrogen) atoms. The van der Waals surface area contributed by atoms with Crippen LogP contribution in [0.2, 0.25) is 0 Å². The molecular weight excluding hydrogens is 352 g/mol. The van der Waals surface area contributed by atoms with Crippen LogP contribution in [-0.4, -0.2) is 34.9 Å². The van der Waals surface area contributed by atoms with Gasteiger partial charge >= 0.3 is 0 Å². The van der Waals surface area contributed by atoms with Crippen LogP contribution in [0.1, 0.15) is 37.9 Å². The highest BCUT2D eigenvalue weighted by Crippen LogP contribution is 2.40. The number of thioether (sulfide) groups is 1. The Balaban J connectivity index is 1.74. The maximum absolute atomic E-state index is 9.93. The van der Waals surface area contributed by atoms with E-state index in [0.29, 0.717) is 0 Å². The van der Waals surface area contributed by atoms with Gasteiger partial charge in [-0.1, -0.05) is 15.9 Å². The van der Waals surface area contributed by atoms with Crippen LogP contribution in [0.5, 0.6) is 5.75 Å². The quantitative estimate of drug-likeness (QED) is 0.871. The molecule has 1 N–H and O–H groups in total. The number of aliphatic hydroxyl groups excluding tert-OH is 1. The lowest BCUT2D eigenvalue weighted by Crippen LogP contribution is -2.43. The van der Waals surface area contributed by atoms with Crippen LogP contribution in [0.25, 0.3) is 0 Å². The molecule has 2 fully saturated rings. The molecule has 5 heteroatoms. The zero-order chi connectivity index (χ0) is 14.9. The van der Waals surface area contributed by atoms with Gasteiger partial charge in [0.2, 0.25) is 0 Å². The molecule has 1 spiro atoms. The Morgan fingerprint density at radius 3 is 3.10 bits per heavy atom. The monoisotopic (exact) mass is 372 g/mol. The minimum atomic E-state index is -0.534. The van der Waals surface area contributed by atoms with Crippen LogP contribution in [0.4, 0.5) is 0 Å². The molecule has 0 radical (unpaired) electrons. The van der Waals surface area contributed by atoms with Crippen LogP contribution in [-0.2, 0) is 4.74 Å². The van der Waals surface area contributed by atoms with E-state index in [1.54, 1.807) is 6.92 Å². The Bertz CT molecular complexity index is 500. The minimum absolute atomic E-state index is 0.0218. The third kappa shape index (κ3) is 3.58. The normalized spacial score (nSPS) is 30.5. The summed E-state index contributed by atoms with van der Waals surface area (Å²) in [5.74, 6) is 3.06. The van der Waals surface area contributed by atoms with Crippen molar-refractivity contribution in [2.75, 3.05) is 18.1 Å². The molecule has 3 rings (SSSR count). The fourth-order valence-corrected chi connectivity index (χ4v) is 4.84. The summed E-state index contributed by atoms with van der Waals surface area (Å²) in [6, 6.07) is 5.83. The van der Waals surface area contributed by atoms with Gasteiger partial charge in [-0.3, -0.25) is 0 Å².